The van der Waals surface area contributed by atoms with E-state index in [1.165, 1.54) is 0 Å². The van der Waals surface area contributed by atoms with Crippen molar-refractivity contribution in [1.82, 2.24) is 9.97 Å². The highest BCUT2D eigenvalue weighted by molar-refractivity contribution is 6.20. The summed E-state index contributed by atoms with van der Waals surface area (Å²) in [5, 5.41) is 8.21. The molecule has 2 heterocycles. The number of hydrogen-bond donors (Lipinski definition) is 1. The first-order valence-corrected chi connectivity index (χ1v) is 4.87. The van der Waals surface area contributed by atoms with Crippen molar-refractivity contribution in [1.29, 1.82) is 0 Å². The first-order valence-electron chi connectivity index (χ1n) is 4.43. The van der Waals surface area contributed by atoms with E-state index in [1.54, 1.807) is 12.4 Å². The van der Waals surface area contributed by atoms with Gasteiger partial charge in [-0.2, -0.15) is 0 Å². The number of aliphatic hydroxyl groups excluding tert-OH is 1. The zero-order valence-electron chi connectivity index (χ0n) is 7.80. The van der Waals surface area contributed by atoms with Crippen LogP contribution in [0.4, 0.5) is 0 Å². The Balaban J connectivity index is 2.28. The van der Waals surface area contributed by atoms with E-state index >= 15 is 0 Å². The minimum atomic E-state index is -0.609. The fourth-order valence-corrected chi connectivity index (χ4v) is 1.24. The van der Waals surface area contributed by atoms with Gasteiger partial charge in [0, 0.05) is 6.20 Å². The summed E-state index contributed by atoms with van der Waals surface area (Å²) in [4.78, 5) is 8.07. The number of aromatic nitrogens is 2. The molecule has 4 nitrogen and oxygen atoms in total. The van der Waals surface area contributed by atoms with Gasteiger partial charge in [-0.05, 0) is 12.1 Å². The highest BCUT2D eigenvalue weighted by Crippen LogP contribution is 2.24. The Labute approximate surface area is 91.5 Å². The molecule has 0 amide bonds. The number of nitrogens with zero attached hydrogens (tertiary/aromatic N) is 2. The average Bonchev–Trinajstić information content (AvgIpc) is 2.78. The van der Waals surface area contributed by atoms with Crippen LogP contribution in [-0.2, 0) is 0 Å². The Hall–Kier alpha value is -1.39. The summed E-state index contributed by atoms with van der Waals surface area (Å²) >= 11 is 5.76. The molecule has 0 saturated carbocycles. The van der Waals surface area contributed by atoms with Crippen molar-refractivity contribution in [3.63, 3.8) is 0 Å². The highest BCUT2D eigenvalue weighted by Gasteiger charge is 2.14. The molecule has 15 heavy (non-hydrogen) atoms. The molecule has 2 rings (SSSR count). The molecule has 0 aliphatic heterocycles. The first-order chi connectivity index (χ1) is 7.31. The predicted molar refractivity (Wildman–Crippen MR) is 55.4 cm³/mol. The maximum absolute atomic E-state index is 8.82. The summed E-state index contributed by atoms with van der Waals surface area (Å²) in [5.74, 6) is 0.851. The number of pyridine rings is 1. The van der Waals surface area contributed by atoms with Crippen LogP contribution in [0.5, 0.6) is 0 Å². The molecule has 0 fully saturated rings. The summed E-state index contributed by atoms with van der Waals surface area (Å²) in [6.45, 7) is -0.205. The molecule has 0 spiro atoms. The second-order valence-electron chi connectivity index (χ2n) is 2.93. The van der Waals surface area contributed by atoms with Crippen molar-refractivity contribution < 1.29 is 9.52 Å². The summed E-state index contributed by atoms with van der Waals surface area (Å²) in [5.41, 5.74) is 0.693. The lowest BCUT2D eigenvalue weighted by Gasteiger charge is -1.98. The Morgan fingerprint density at radius 3 is 2.93 bits per heavy atom. The van der Waals surface area contributed by atoms with Crippen molar-refractivity contribution >= 4 is 11.6 Å². The van der Waals surface area contributed by atoms with Crippen LogP contribution >= 0.6 is 11.6 Å². The largest absolute Gasteiger partial charge is 0.437 e. The SMILES string of the molecule is OCC(Cl)c1ncc(-c2ccccn2)o1. The van der Waals surface area contributed by atoms with Gasteiger partial charge in [0.25, 0.3) is 0 Å². The summed E-state index contributed by atoms with van der Waals surface area (Å²) < 4.78 is 5.36. The maximum Gasteiger partial charge on any atom is 0.215 e. The molecule has 1 unspecified atom stereocenters. The van der Waals surface area contributed by atoms with Crippen LogP contribution in [0.15, 0.2) is 35.0 Å². The monoisotopic (exact) mass is 224 g/mol. The van der Waals surface area contributed by atoms with Crippen LogP contribution in [0.1, 0.15) is 11.3 Å². The third kappa shape index (κ3) is 2.16. The second kappa shape index (κ2) is 4.42. The molecule has 0 aliphatic rings. The van der Waals surface area contributed by atoms with Crippen LogP contribution in [-0.4, -0.2) is 21.7 Å². The molecule has 0 aromatic carbocycles. The van der Waals surface area contributed by atoms with E-state index < -0.39 is 5.38 Å². The highest BCUT2D eigenvalue weighted by atomic mass is 35.5. The minimum absolute atomic E-state index is 0.205. The second-order valence-corrected chi connectivity index (χ2v) is 3.45. The minimum Gasteiger partial charge on any atom is -0.437 e. The smallest absolute Gasteiger partial charge is 0.215 e. The molecule has 0 bridgehead atoms. The van der Waals surface area contributed by atoms with Crippen LogP contribution in [0.25, 0.3) is 11.5 Å². The Kier molecular flexibility index (Phi) is 2.99. The van der Waals surface area contributed by atoms with Crippen molar-refractivity contribution in [2.75, 3.05) is 6.61 Å². The molecule has 0 saturated heterocycles. The zero-order valence-corrected chi connectivity index (χ0v) is 8.55. The normalized spacial score (nSPS) is 12.7. The number of halogens is 1. The van der Waals surface area contributed by atoms with Crippen molar-refractivity contribution in [2.45, 2.75) is 5.38 Å². The van der Waals surface area contributed by atoms with Gasteiger partial charge >= 0.3 is 0 Å². The number of alkyl halides is 1. The van der Waals surface area contributed by atoms with Crippen LogP contribution in [0, 0.1) is 0 Å². The van der Waals surface area contributed by atoms with E-state index in [2.05, 4.69) is 9.97 Å². The molecule has 0 radical (unpaired) electrons. The number of rotatable bonds is 3. The fraction of sp³-hybridized carbons (Fsp3) is 0.200. The first kappa shape index (κ1) is 10.1. The number of hydrogen-bond acceptors (Lipinski definition) is 4. The van der Waals surface area contributed by atoms with Crippen LogP contribution in [0.3, 0.4) is 0 Å². The molecular weight excluding hydrogens is 216 g/mol. The van der Waals surface area contributed by atoms with Crippen LogP contribution in [0.2, 0.25) is 0 Å². The average molecular weight is 225 g/mol. The van der Waals surface area contributed by atoms with Crippen molar-refractivity contribution in [2.24, 2.45) is 0 Å². The van der Waals surface area contributed by atoms with E-state index in [0.29, 0.717) is 17.3 Å². The van der Waals surface area contributed by atoms with Gasteiger partial charge in [0.05, 0.1) is 12.8 Å². The number of aliphatic hydroxyl groups is 1. The Morgan fingerprint density at radius 1 is 1.40 bits per heavy atom. The van der Waals surface area contributed by atoms with Gasteiger partial charge in [-0.15, -0.1) is 11.6 Å². The van der Waals surface area contributed by atoms with E-state index in [1.807, 2.05) is 18.2 Å². The predicted octanol–water partition coefficient (Wildman–Crippen LogP) is 2.01. The van der Waals surface area contributed by atoms with Crippen molar-refractivity contribution in [3.8, 4) is 11.5 Å². The molecule has 1 N–H and O–H groups in total. The van der Waals surface area contributed by atoms with Gasteiger partial charge in [-0.25, -0.2) is 4.98 Å². The van der Waals surface area contributed by atoms with Gasteiger partial charge in [0.1, 0.15) is 11.1 Å². The summed E-state index contributed by atoms with van der Waals surface area (Å²) in [6, 6.07) is 5.49. The third-order valence-corrected chi connectivity index (χ3v) is 2.19. The van der Waals surface area contributed by atoms with Gasteiger partial charge in [-0.1, -0.05) is 6.07 Å². The van der Waals surface area contributed by atoms with E-state index in [0.717, 1.165) is 0 Å². The summed E-state index contributed by atoms with van der Waals surface area (Å²) in [7, 11) is 0. The lowest BCUT2D eigenvalue weighted by molar-refractivity contribution is 0.279. The van der Waals surface area contributed by atoms with E-state index in [4.69, 9.17) is 21.1 Å². The quantitative estimate of drug-likeness (QED) is 0.811. The van der Waals surface area contributed by atoms with Gasteiger partial charge in [0.15, 0.2) is 5.76 Å². The topological polar surface area (TPSA) is 59.2 Å². The molecular formula is C10H9ClN2O2. The zero-order chi connectivity index (χ0) is 10.7. The Bertz CT molecular complexity index is 430. The maximum atomic E-state index is 8.82. The van der Waals surface area contributed by atoms with E-state index in [9.17, 15) is 0 Å². The lowest BCUT2D eigenvalue weighted by atomic mass is 10.3. The van der Waals surface area contributed by atoms with Crippen LogP contribution < -0.4 is 0 Å². The lowest BCUT2D eigenvalue weighted by Crippen LogP contribution is -1.95. The molecule has 2 aromatic rings. The molecule has 5 heteroatoms. The van der Waals surface area contributed by atoms with E-state index in [-0.39, 0.29) is 6.61 Å². The fourth-order valence-electron chi connectivity index (χ4n) is 1.14. The summed E-state index contributed by atoms with van der Waals surface area (Å²) in [6.07, 6.45) is 3.21. The molecule has 0 aliphatic carbocycles. The molecule has 2 aromatic heterocycles. The molecule has 78 valence electrons. The van der Waals surface area contributed by atoms with Gasteiger partial charge in [0.2, 0.25) is 5.89 Å². The Morgan fingerprint density at radius 2 is 2.27 bits per heavy atom. The van der Waals surface area contributed by atoms with Crippen molar-refractivity contribution in [3.05, 3.63) is 36.5 Å². The molecule has 1 atom stereocenters. The third-order valence-electron chi connectivity index (χ3n) is 1.87. The van der Waals surface area contributed by atoms with Gasteiger partial charge in [-0.3, -0.25) is 4.98 Å². The van der Waals surface area contributed by atoms with Gasteiger partial charge < -0.3 is 9.52 Å². The standard InChI is InChI=1S/C10H9ClN2O2/c11-7(6-14)10-13-5-9(15-10)8-3-1-2-4-12-8/h1-5,7,14H,6H2. The number of oxazole rings is 1.